The maximum absolute atomic E-state index is 4.75. The number of thiazole rings is 1. The molecule has 1 N–H and O–H groups in total. The van der Waals surface area contributed by atoms with E-state index >= 15 is 0 Å². The van der Waals surface area contributed by atoms with Crippen molar-refractivity contribution in [3.05, 3.63) is 38.5 Å². The molecule has 5 heteroatoms. The van der Waals surface area contributed by atoms with E-state index in [2.05, 4.69) is 60.8 Å². The van der Waals surface area contributed by atoms with E-state index in [1.807, 2.05) is 11.3 Å². The molecule has 0 saturated carbocycles. The van der Waals surface area contributed by atoms with Gasteiger partial charge in [-0.3, -0.25) is 4.90 Å². The zero-order chi connectivity index (χ0) is 15.3. The SMILES string of the molecule is CCN(Cc1csc(CNC(C)(C)C)n1)Cc1cccs1. The summed E-state index contributed by atoms with van der Waals surface area (Å²) in [5, 5.41) is 9.00. The molecule has 0 unspecified atom stereocenters. The summed E-state index contributed by atoms with van der Waals surface area (Å²) in [6.07, 6.45) is 0. The van der Waals surface area contributed by atoms with Gasteiger partial charge in [-0.05, 0) is 38.8 Å². The van der Waals surface area contributed by atoms with Crippen LogP contribution < -0.4 is 5.32 Å². The van der Waals surface area contributed by atoms with Crippen molar-refractivity contribution in [3.63, 3.8) is 0 Å². The summed E-state index contributed by atoms with van der Waals surface area (Å²) >= 11 is 3.58. The van der Waals surface area contributed by atoms with Gasteiger partial charge in [0.2, 0.25) is 0 Å². The van der Waals surface area contributed by atoms with E-state index in [1.165, 1.54) is 15.6 Å². The molecule has 0 radical (unpaired) electrons. The van der Waals surface area contributed by atoms with Crippen molar-refractivity contribution in [2.45, 2.75) is 52.9 Å². The predicted octanol–water partition coefficient (Wildman–Crippen LogP) is 4.11. The zero-order valence-corrected chi connectivity index (χ0v) is 15.0. The summed E-state index contributed by atoms with van der Waals surface area (Å²) in [6.45, 7) is 12.6. The van der Waals surface area contributed by atoms with Crippen LogP contribution in [0.2, 0.25) is 0 Å². The van der Waals surface area contributed by atoms with Crippen LogP contribution in [0.25, 0.3) is 0 Å². The summed E-state index contributed by atoms with van der Waals surface area (Å²) < 4.78 is 0. The molecule has 0 bridgehead atoms. The minimum Gasteiger partial charge on any atom is -0.306 e. The standard InChI is InChI=1S/C16H25N3S2/c1-5-19(11-14-7-6-8-20-14)10-13-12-21-15(18-13)9-17-16(2,3)4/h6-8,12,17H,5,9-11H2,1-4H3. The van der Waals surface area contributed by atoms with Gasteiger partial charge in [0, 0.05) is 35.4 Å². The molecule has 0 atom stereocenters. The fourth-order valence-electron chi connectivity index (χ4n) is 1.98. The molecule has 0 aliphatic rings. The third-order valence-electron chi connectivity index (χ3n) is 3.16. The minimum atomic E-state index is 0.139. The number of rotatable bonds is 7. The van der Waals surface area contributed by atoms with Crippen LogP contribution in [0.3, 0.4) is 0 Å². The summed E-state index contributed by atoms with van der Waals surface area (Å²) in [5.41, 5.74) is 1.32. The van der Waals surface area contributed by atoms with Gasteiger partial charge in [-0.1, -0.05) is 13.0 Å². The van der Waals surface area contributed by atoms with Crippen molar-refractivity contribution >= 4 is 22.7 Å². The number of nitrogens with zero attached hydrogens (tertiary/aromatic N) is 2. The lowest BCUT2D eigenvalue weighted by Gasteiger charge is -2.19. The van der Waals surface area contributed by atoms with E-state index in [-0.39, 0.29) is 5.54 Å². The molecule has 2 aromatic heterocycles. The Bertz CT molecular complexity index is 526. The number of thiophene rings is 1. The quantitative estimate of drug-likeness (QED) is 0.831. The van der Waals surface area contributed by atoms with Gasteiger partial charge in [0.15, 0.2) is 0 Å². The molecule has 0 spiro atoms. The highest BCUT2D eigenvalue weighted by Crippen LogP contribution is 2.16. The van der Waals surface area contributed by atoms with Crippen molar-refractivity contribution in [1.29, 1.82) is 0 Å². The summed E-state index contributed by atoms with van der Waals surface area (Å²) in [5.74, 6) is 0. The Morgan fingerprint density at radius 2 is 2.05 bits per heavy atom. The summed E-state index contributed by atoms with van der Waals surface area (Å²) in [7, 11) is 0. The Morgan fingerprint density at radius 1 is 1.24 bits per heavy atom. The van der Waals surface area contributed by atoms with E-state index in [1.54, 1.807) is 11.3 Å². The fourth-order valence-corrected chi connectivity index (χ4v) is 3.45. The van der Waals surface area contributed by atoms with Gasteiger partial charge in [0.05, 0.1) is 5.69 Å². The first-order valence-corrected chi connectivity index (χ1v) is 9.15. The van der Waals surface area contributed by atoms with Gasteiger partial charge in [-0.15, -0.1) is 22.7 Å². The van der Waals surface area contributed by atoms with E-state index in [0.29, 0.717) is 0 Å². The van der Waals surface area contributed by atoms with E-state index < -0.39 is 0 Å². The average molecular weight is 324 g/mol. The van der Waals surface area contributed by atoms with Crippen LogP contribution in [0.1, 0.15) is 43.3 Å². The number of hydrogen-bond donors (Lipinski definition) is 1. The molecule has 2 aromatic rings. The average Bonchev–Trinajstić information content (AvgIpc) is 3.06. The Morgan fingerprint density at radius 3 is 2.67 bits per heavy atom. The molecule has 0 fully saturated rings. The summed E-state index contributed by atoms with van der Waals surface area (Å²) in [4.78, 5) is 8.60. The third-order valence-corrected chi connectivity index (χ3v) is 4.92. The second-order valence-electron chi connectivity index (χ2n) is 6.22. The maximum atomic E-state index is 4.75. The largest absolute Gasteiger partial charge is 0.306 e. The van der Waals surface area contributed by atoms with E-state index in [0.717, 1.165) is 26.2 Å². The molecule has 3 nitrogen and oxygen atoms in total. The van der Waals surface area contributed by atoms with Crippen LogP contribution in [0.15, 0.2) is 22.9 Å². The van der Waals surface area contributed by atoms with Crippen LogP contribution in [-0.2, 0) is 19.6 Å². The highest BCUT2D eigenvalue weighted by molar-refractivity contribution is 7.10. The van der Waals surface area contributed by atoms with E-state index in [9.17, 15) is 0 Å². The smallest absolute Gasteiger partial charge is 0.107 e. The number of hydrogen-bond acceptors (Lipinski definition) is 5. The normalized spacial score (nSPS) is 12.2. The third kappa shape index (κ3) is 5.87. The molecule has 0 aliphatic carbocycles. The van der Waals surface area contributed by atoms with E-state index in [4.69, 9.17) is 4.98 Å². The topological polar surface area (TPSA) is 28.2 Å². The second-order valence-corrected chi connectivity index (χ2v) is 8.19. The minimum absolute atomic E-state index is 0.139. The first kappa shape index (κ1) is 16.6. The first-order chi connectivity index (χ1) is 9.96. The molecular weight excluding hydrogens is 298 g/mol. The molecule has 2 rings (SSSR count). The molecule has 0 aromatic carbocycles. The lowest BCUT2D eigenvalue weighted by molar-refractivity contribution is 0.271. The highest BCUT2D eigenvalue weighted by atomic mass is 32.1. The van der Waals surface area contributed by atoms with Gasteiger partial charge in [0.25, 0.3) is 0 Å². The Balaban J connectivity index is 1.88. The van der Waals surface area contributed by atoms with Gasteiger partial charge in [0.1, 0.15) is 5.01 Å². The molecule has 21 heavy (non-hydrogen) atoms. The molecule has 0 saturated heterocycles. The lowest BCUT2D eigenvalue weighted by atomic mass is 10.1. The van der Waals surface area contributed by atoms with Gasteiger partial charge < -0.3 is 5.32 Å². The van der Waals surface area contributed by atoms with Gasteiger partial charge in [-0.2, -0.15) is 0 Å². The molecule has 0 amide bonds. The van der Waals surface area contributed by atoms with Crippen molar-refractivity contribution in [1.82, 2.24) is 15.2 Å². The summed E-state index contributed by atoms with van der Waals surface area (Å²) in [6, 6.07) is 4.32. The van der Waals surface area contributed by atoms with Crippen LogP contribution in [-0.4, -0.2) is 22.0 Å². The van der Waals surface area contributed by atoms with Crippen molar-refractivity contribution in [2.24, 2.45) is 0 Å². The molecule has 2 heterocycles. The maximum Gasteiger partial charge on any atom is 0.107 e. The Hall–Kier alpha value is -0.750. The van der Waals surface area contributed by atoms with Crippen molar-refractivity contribution < 1.29 is 0 Å². The van der Waals surface area contributed by atoms with Crippen LogP contribution in [0.5, 0.6) is 0 Å². The molecule has 0 aliphatic heterocycles. The van der Waals surface area contributed by atoms with Gasteiger partial charge in [-0.25, -0.2) is 4.98 Å². The predicted molar refractivity (Wildman–Crippen MR) is 92.8 cm³/mol. The second kappa shape index (κ2) is 7.49. The van der Waals surface area contributed by atoms with Crippen LogP contribution in [0, 0.1) is 0 Å². The van der Waals surface area contributed by atoms with Crippen LogP contribution >= 0.6 is 22.7 Å². The Kier molecular flexibility index (Phi) is 5.93. The van der Waals surface area contributed by atoms with Crippen molar-refractivity contribution in [2.75, 3.05) is 6.54 Å². The molecule has 116 valence electrons. The first-order valence-electron chi connectivity index (χ1n) is 7.39. The fraction of sp³-hybridized carbons (Fsp3) is 0.562. The lowest BCUT2D eigenvalue weighted by Crippen LogP contribution is -2.35. The zero-order valence-electron chi connectivity index (χ0n) is 13.3. The highest BCUT2D eigenvalue weighted by Gasteiger charge is 2.12. The van der Waals surface area contributed by atoms with Gasteiger partial charge >= 0.3 is 0 Å². The van der Waals surface area contributed by atoms with Crippen molar-refractivity contribution in [3.8, 4) is 0 Å². The van der Waals surface area contributed by atoms with Crippen LogP contribution in [0.4, 0.5) is 0 Å². The number of aromatic nitrogens is 1. The number of nitrogens with one attached hydrogen (secondary N) is 1. The Labute approximate surface area is 136 Å². The molecular formula is C16H25N3S2. The monoisotopic (exact) mass is 323 g/mol.